The van der Waals surface area contributed by atoms with Crippen LogP contribution in [0.25, 0.3) is 0 Å². The van der Waals surface area contributed by atoms with E-state index in [1.54, 1.807) is 7.05 Å². The second-order valence-corrected chi connectivity index (χ2v) is 4.09. The molecule has 1 heterocycles. The van der Waals surface area contributed by atoms with Crippen LogP contribution in [-0.4, -0.2) is 15.7 Å². The van der Waals surface area contributed by atoms with Crippen molar-refractivity contribution in [3.05, 3.63) is 40.8 Å². The molecule has 94 valence electrons. The monoisotopic (exact) mass is 268 g/mol. The summed E-state index contributed by atoms with van der Waals surface area (Å²) < 4.78 is 14.4. The Labute approximate surface area is 107 Å². The number of nitrogens with one attached hydrogen (secondary N) is 1. The van der Waals surface area contributed by atoms with E-state index in [0.717, 1.165) is 0 Å². The second-order valence-electron chi connectivity index (χ2n) is 3.68. The van der Waals surface area contributed by atoms with Crippen LogP contribution in [0.5, 0.6) is 0 Å². The van der Waals surface area contributed by atoms with E-state index in [4.69, 9.17) is 17.3 Å². The van der Waals surface area contributed by atoms with Crippen LogP contribution in [-0.2, 0) is 7.05 Å². The minimum absolute atomic E-state index is 0.0630. The van der Waals surface area contributed by atoms with E-state index < -0.39 is 11.7 Å². The van der Waals surface area contributed by atoms with Gasteiger partial charge in [0.1, 0.15) is 11.4 Å². The predicted octanol–water partition coefficient (Wildman–Crippen LogP) is 2.05. The maximum Gasteiger partial charge on any atom is 0.261 e. The number of hydrogen-bond donors (Lipinski definition) is 2. The van der Waals surface area contributed by atoms with E-state index in [1.165, 1.54) is 29.1 Å². The number of hydrogen-bond acceptors (Lipinski definition) is 3. The smallest absolute Gasteiger partial charge is 0.261 e. The third kappa shape index (κ3) is 2.43. The van der Waals surface area contributed by atoms with Crippen molar-refractivity contribution in [2.24, 2.45) is 7.05 Å². The molecule has 18 heavy (non-hydrogen) atoms. The van der Waals surface area contributed by atoms with Gasteiger partial charge in [-0.3, -0.25) is 9.48 Å². The minimum Gasteiger partial charge on any atom is -0.382 e. The number of nitrogen functional groups attached to an aromatic ring is 1. The summed E-state index contributed by atoms with van der Waals surface area (Å²) in [5, 5.41) is 6.35. The molecule has 0 aliphatic carbocycles. The van der Waals surface area contributed by atoms with Gasteiger partial charge >= 0.3 is 0 Å². The SMILES string of the molecule is Cn1cc(C(=O)Nc2ccc(F)c(Cl)c2)c(N)n1. The van der Waals surface area contributed by atoms with Gasteiger partial charge in [-0.25, -0.2) is 4.39 Å². The Hall–Kier alpha value is -2.08. The second kappa shape index (κ2) is 4.66. The zero-order chi connectivity index (χ0) is 13.3. The molecule has 0 spiro atoms. The number of carbonyl (C=O) groups is 1. The number of nitrogens with two attached hydrogens (primary N) is 1. The van der Waals surface area contributed by atoms with Crippen LogP contribution in [0.15, 0.2) is 24.4 Å². The van der Waals surface area contributed by atoms with Crippen molar-refractivity contribution < 1.29 is 9.18 Å². The summed E-state index contributed by atoms with van der Waals surface area (Å²) in [4.78, 5) is 11.9. The van der Waals surface area contributed by atoms with E-state index >= 15 is 0 Å². The molecule has 0 unspecified atom stereocenters. The van der Waals surface area contributed by atoms with Crippen LogP contribution in [0, 0.1) is 5.82 Å². The van der Waals surface area contributed by atoms with Crippen molar-refractivity contribution in [3.63, 3.8) is 0 Å². The number of carbonyl (C=O) groups excluding carboxylic acids is 1. The largest absolute Gasteiger partial charge is 0.382 e. The normalized spacial score (nSPS) is 10.4. The summed E-state index contributed by atoms with van der Waals surface area (Å²) in [5.41, 5.74) is 6.20. The van der Waals surface area contributed by atoms with Crippen LogP contribution in [0.2, 0.25) is 5.02 Å². The molecule has 1 amide bonds. The van der Waals surface area contributed by atoms with Crippen LogP contribution in [0.4, 0.5) is 15.9 Å². The Balaban J connectivity index is 2.21. The van der Waals surface area contributed by atoms with Crippen molar-refractivity contribution in [3.8, 4) is 0 Å². The van der Waals surface area contributed by atoms with Crippen LogP contribution in [0.3, 0.4) is 0 Å². The topological polar surface area (TPSA) is 72.9 Å². The van der Waals surface area contributed by atoms with Gasteiger partial charge in [0, 0.05) is 18.9 Å². The van der Waals surface area contributed by atoms with Gasteiger partial charge in [-0.1, -0.05) is 11.6 Å². The average Bonchev–Trinajstić information content (AvgIpc) is 2.63. The summed E-state index contributed by atoms with van der Waals surface area (Å²) in [7, 11) is 1.65. The number of anilines is 2. The predicted molar refractivity (Wildman–Crippen MR) is 67.0 cm³/mol. The highest BCUT2D eigenvalue weighted by molar-refractivity contribution is 6.31. The molecule has 0 radical (unpaired) electrons. The molecule has 7 heteroatoms. The number of aromatic nitrogens is 2. The first-order valence-corrected chi connectivity index (χ1v) is 5.40. The number of benzene rings is 1. The molecule has 0 saturated carbocycles. The lowest BCUT2D eigenvalue weighted by atomic mass is 10.2. The molecular weight excluding hydrogens is 259 g/mol. The molecule has 2 rings (SSSR count). The summed E-state index contributed by atoms with van der Waals surface area (Å²) in [5.74, 6) is -0.845. The molecule has 2 aromatic rings. The number of aryl methyl sites for hydroxylation is 1. The molecule has 0 saturated heterocycles. The van der Waals surface area contributed by atoms with Gasteiger partial charge in [0.25, 0.3) is 5.91 Å². The van der Waals surface area contributed by atoms with E-state index in [2.05, 4.69) is 10.4 Å². The average molecular weight is 269 g/mol. The Kier molecular flexibility index (Phi) is 3.20. The lowest BCUT2D eigenvalue weighted by molar-refractivity contribution is 0.102. The zero-order valence-electron chi connectivity index (χ0n) is 9.45. The number of amides is 1. The highest BCUT2D eigenvalue weighted by Crippen LogP contribution is 2.20. The fourth-order valence-corrected chi connectivity index (χ4v) is 1.63. The Morgan fingerprint density at radius 1 is 1.56 bits per heavy atom. The number of halogens is 2. The minimum atomic E-state index is -0.546. The number of rotatable bonds is 2. The van der Waals surface area contributed by atoms with Crippen LogP contribution >= 0.6 is 11.6 Å². The van der Waals surface area contributed by atoms with Crippen molar-refractivity contribution in [2.75, 3.05) is 11.1 Å². The fourth-order valence-electron chi connectivity index (χ4n) is 1.45. The lowest BCUT2D eigenvalue weighted by Crippen LogP contribution is -2.13. The molecule has 3 N–H and O–H groups in total. The molecule has 0 aliphatic rings. The maximum atomic E-state index is 12.9. The van der Waals surface area contributed by atoms with Crippen molar-refractivity contribution in [1.29, 1.82) is 0 Å². The van der Waals surface area contributed by atoms with Gasteiger partial charge in [0.05, 0.1) is 5.02 Å². The van der Waals surface area contributed by atoms with E-state index in [-0.39, 0.29) is 16.4 Å². The summed E-state index contributed by atoms with van der Waals surface area (Å²) in [6.45, 7) is 0. The molecule has 1 aromatic carbocycles. The van der Waals surface area contributed by atoms with E-state index in [0.29, 0.717) is 5.69 Å². The van der Waals surface area contributed by atoms with Gasteiger partial charge in [-0.05, 0) is 18.2 Å². The quantitative estimate of drug-likeness (QED) is 0.875. The molecule has 0 fully saturated rings. The van der Waals surface area contributed by atoms with Crippen molar-refractivity contribution in [1.82, 2.24) is 9.78 Å². The lowest BCUT2D eigenvalue weighted by Gasteiger charge is -2.04. The first-order valence-electron chi connectivity index (χ1n) is 5.03. The molecular formula is C11H10ClFN4O. The maximum absolute atomic E-state index is 12.9. The summed E-state index contributed by atoms with van der Waals surface area (Å²) >= 11 is 5.61. The first-order chi connectivity index (χ1) is 8.47. The highest BCUT2D eigenvalue weighted by atomic mass is 35.5. The van der Waals surface area contributed by atoms with Gasteiger partial charge < -0.3 is 11.1 Å². The van der Waals surface area contributed by atoms with Gasteiger partial charge in [-0.2, -0.15) is 5.10 Å². The fraction of sp³-hybridized carbons (Fsp3) is 0.0909. The van der Waals surface area contributed by atoms with Gasteiger partial charge in [0.15, 0.2) is 5.82 Å². The first kappa shape index (κ1) is 12.4. The molecule has 0 aliphatic heterocycles. The molecule has 5 nitrogen and oxygen atoms in total. The zero-order valence-corrected chi connectivity index (χ0v) is 10.2. The summed E-state index contributed by atoms with van der Waals surface area (Å²) in [6, 6.07) is 3.90. The van der Waals surface area contributed by atoms with Gasteiger partial charge in [-0.15, -0.1) is 0 Å². The van der Waals surface area contributed by atoms with Gasteiger partial charge in [0.2, 0.25) is 0 Å². The Bertz CT molecular complexity index is 611. The standard InChI is InChI=1S/C11H10ClFN4O/c1-17-5-7(10(14)16-17)11(18)15-6-2-3-9(13)8(12)4-6/h2-5H,1H3,(H2,14,16)(H,15,18). The van der Waals surface area contributed by atoms with Crippen LogP contribution in [0.1, 0.15) is 10.4 Å². The van der Waals surface area contributed by atoms with Crippen molar-refractivity contribution >= 4 is 29.0 Å². The van der Waals surface area contributed by atoms with E-state index in [9.17, 15) is 9.18 Å². The molecule has 1 aromatic heterocycles. The third-order valence-electron chi connectivity index (χ3n) is 2.28. The van der Waals surface area contributed by atoms with Crippen LogP contribution < -0.4 is 11.1 Å². The Morgan fingerprint density at radius 2 is 2.28 bits per heavy atom. The number of nitrogens with zero attached hydrogens (tertiary/aromatic N) is 2. The molecule has 0 bridgehead atoms. The molecule has 0 atom stereocenters. The third-order valence-corrected chi connectivity index (χ3v) is 2.57. The van der Waals surface area contributed by atoms with E-state index in [1.807, 2.05) is 0 Å². The highest BCUT2D eigenvalue weighted by Gasteiger charge is 2.13. The summed E-state index contributed by atoms with van der Waals surface area (Å²) in [6.07, 6.45) is 1.50. The van der Waals surface area contributed by atoms with Crippen molar-refractivity contribution in [2.45, 2.75) is 0 Å². The Morgan fingerprint density at radius 3 is 2.83 bits per heavy atom.